The fourth-order valence-corrected chi connectivity index (χ4v) is 2.02. The van der Waals surface area contributed by atoms with E-state index in [0.29, 0.717) is 6.61 Å². The van der Waals surface area contributed by atoms with Gasteiger partial charge in [0.2, 0.25) is 0 Å². The quantitative estimate of drug-likeness (QED) is 0.719. The van der Waals surface area contributed by atoms with Crippen LogP contribution in [0.3, 0.4) is 0 Å². The maximum absolute atomic E-state index is 8.74. The number of methoxy groups -OCH3 is 1. The summed E-state index contributed by atoms with van der Waals surface area (Å²) >= 11 is 0. The molecule has 0 radical (unpaired) electrons. The SMILES string of the molecule is COc1ccc(CCN(C)CCCCO)cc1C. The highest BCUT2D eigenvalue weighted by Gasteiger charge is 2.02. The van der Waals surface area contributed by atoms with E-state index in [2.05, 4.69) is 31.0 Å². The number of hydrogen-bond donors (Lipinski definition) is 1. The first-order valence-electron chi connectivity index (χ1n) is 6.60. The van der Waals surface area contributed by atoms with E-state index in [4.69, 9.17) is 9.84 Å². The number of aryl methyl sites for hydroxylation is 1. The van der Waals surface area contributed by atoms with Crippen LogP contribution in [0.25, 0.3) is 0 Å². The standard InChI is InChI=1S/C15H25NO2/c1-13-12-14(6-7-15(13)18-3)8-10-16(2)9-4-5-11-17/h6-7,12,17H,4-5,8-11H2,1-3H3. The minimum Gasteiger partial charge on any atom is -0.496 e. The van der Waals surface area contributed by atoms with E-state index < -0.39 is 0 Å². The van der Waals surface area contributed by atoms with Crippen molar-refractivity contribution < 1.29 is 9.84 Å². The molecule has 0 unspecified atom stereocenters. The van der Waals surface area contributed by atoms with Crippen molar-refractivity contribution in [1.29, 1.82) is 0 Å². The lowest BCUT2D eigenvalue weighted by Crippen LogP contribution is -2.22. The topological polar surface area (TPSA) is 32.7 Å². The van der Waals surface area contributed by atoms with Crippen LogP contribution in [0.4, 0.5) is 0 Å². The molecule has 0 heterocycles. The first kappa shape index (κ1) is 15.0. The van der Waals surface area contributed by atoms with Crippen LogP contribution in [0.2, 0.25) is 0 Å². The summed E-state index contributed by atoms with van der Waals surface area (Å²) in [6, 6.07) is 6.37. The van der Waals surface area contributed by atoms with Gasteiger partial charge >= 0.3 is 0 Å². The minimum atomic E-state index is 0.297. The van der Waals surface area contributed by atoms with Crippen molar-refractivity contribution in [1.82, 2.24) is 4.90 Å². The summed E-state index contributed by atoms with van der Waals surface area (Å²) in [5, 5.41) is 8.74. The summed E-state index contributed by atoms with van der Waals surface area (Å²) in [7, 11) is 3.84. The Balaban J connectivity index is 2.36. The van der Waals surface area contributed by atoms with Gasteiger partial charge in [0.15, 0.2) is 0 Å². The lowest BCUT2D eigenvalue weighted by Gasteiger charge is -2.16. The Labute approximate surface area is 110 Å². The number of unbranched alkanes of at least 4 members (excludes halogenated alkanes) is 1. The molecule has 18 heavy (non-hydrogen) atoms. The molecule has 0 bridgehead atoms. The van der Waals surface area contributed by atoms with Crippen LogP contribution in [0.1, 0.15) is 24.0 Å². The average Bonchev–Trinajstić information content (AvgIpc) is 2.37. The molecule has 0 atom stereocenters. The molecule has 102 valence electrons. The van der Waals surface area contributed by atoms with Gasteiger partial charge in [0.05, 0.1) is 7.11 Å². The van der Waals surface area contributed by atoms with Crippen LogP contribution in [-0.2, 0) is 6.42 Å². The second kappa shape index (κ2) is 8.11. The van der Waals surface area contributed by atoms with Gasteiger partial charge in [-0.1, -0.05) is 12.1 Å². The van der Waals surface area contributed by atoms with E-state index in [0.717, 1.165) is 38.1 Å². The first-order chi connectivity index (χ1) is 8.67. The van der Waals surface area contributed by atoms with Crippen molar-refractivity contribution in [3.05, 3.63) is 29.3 Å². The number of benzene rings is 1. The summed E-state index contributed by atoms with van der Waals surface area (Å²) in [6.45, 7) is 4.48. The number of aliphatic hydroxyl groups is 1. The van der Waals surface area contributed by atoms with Gasteiger partial charge in [-0.05, 0) is 57.0 Å². The van der Waals surface area contributed by atoms with Gasteiger partial charge in [-0.15, -0.1) is 0 Å². The summed E-state index contributed by atoms with van der Waals surface area (Å²) in [6.07, 6.45) is 3.01. The molecule has 1 N–H and O–H groups in total. The number of nitrogens with zero attached hydrogens (tertiary/aromatic N) is 1. The zero-order valence-electron chi connectivity index (χ0n) is 11.8. The third-order valence-electron chi connectivity index (χ3n) is 3.19. The molecule has 0 saturated carbocycles. The molecule has 1 rings (SSSR count). The van der Waals surface area contributed by atoms with Crippen molar-refractivity contribution in [3.8, 4) is 5.75 Å². The predicted molar refractivity (Wildman–Crippen MR) is 75.3 cm³/mol. The summed E-state index contributed by atoms with van der Waals surface area (Å²) in [4.78, 5) is 2.31. The molecule has 1 aromatic carbocycles. The third-order valence-corrected chi connectivity index (χ3v) is 3.19. The molecule has 0 amide bonds. The second-order valence-electron chi connectivity index (χ2n) is 4.79. The molecule has 0 spiro atoms. The molecule has 3 heteroatoms. The van der Waals surface area contributed by atoms with E-state index in [1.54, 1.807) is 7.11 Å². The monoisotopic (exact) mass is 251 g/mol. The molecule has 0 fully saturated rings. The number of aliphatic hydroxyl groups excluding tert-OH is 1. The molecule has 3 nitrogen and oxygen atoms in total. The van der Waals surface area contributed by atoms with Gasteiger partial charge in [0.25, 0.3) is 0 Å². The number of likely N-dealkylation sites (N-methyl/N-ethyl adjacent to an activating group) is 1. The fourth-order valence-electron chi connectivity index (χ4n) is 2.02. The van der Waals surface area contributed by atoms with Crippen molar-refractivity contribution in [2.24, 2.45) is 0 Å². The lowest BCUT2D eigenvalue weighted by atomic mass is 10.1. The first-order valence-corrected chi connectivity index (χ1v) is 6.60. The zero-order valence-corrected chi connectivity index (χ0v) is 11.8. The van der Waals surface area contributed by atoms with E-state index >= 15 is 0 Å². The predicted octanol–water partition coefficient (Wildman–Crippen LogP) is 2.25. The minimum absolute atomic E-state index is 0.297. The largest absolute Gasteiger partial charge is 0.496 e. The lowest BCUT2D eigenvalue weighted by molar-refractivity contribution is 0.264. The van der Waals surface area contributed by atoms with Gasteiger partial charge in [0.1, 0.15) is 5.75 Å². The highest BCUT2D eigenvalue weighted by atomic mass is 16.5. The fraction of sp³-hybridized carbons (Fsp3) is 0.600. The summed E-state index contributed by atoms with van der Waals surface area (Å²) in [5.74, 6) is 0.954. The van der Waals surface area contributed by atoms with Crippen LogP contribution >= 0.6 is 0 Å². The maximum Gasteiger partial charge on any atom is 0.121 e. The van der Waals surface area contributed by atoms with Gasteiger partial charge < -0.3 is 14.7 Å². The van der Waals surface area contributed by atoms with Crippen LogP contribution in [0.15, 0.2) is 18.2 Å². The molecule has 0 aromatic heterocycles. The number of ether oxygens (including phenoxy) is 1. The van der Waals surface area contributed by atoms with Crippen molar-refractivity contribution in [2.75, 3.05) is 33.9 Å². The molecular weight excluding hydrogens is 226 g/mol. The van der Waals surface area contributed by atoms with E-state index in [9.17, 15) is 0 Å². The Morgan fingerprint density at radius 2 is 2.00 bits per heavy atom. The second-order valence-corrected chi connectivity index (χ2v) is 4.79. The Kier molecular flexibility index (Phi) is 6.76. The molecule has 0 aliphatic rings. The Morgan fingerprint density at radius 1 is 1.22 bits per heavy atom. The Morgan fingerprint density at radius 3 is 2.61 bits per heavy atom. The van der Waals surface area contributed by atoms with Crippen molar-refractivity contribution in [2.45, 2.75) is 26.2 Å². The average molecular weight is 251 g/mol. The molecule has 0 aliphatic heterocycles. The van der Waals surface area contributed by atoms with Crippen LogP contribution in [0, 0.1) is 6.92 Å². The molecule has 1 aromatic rings. The van der Waals surface area contributed by atoms with E-state index in [-0.39, 0.29) is 0 Å². The van der Waals surface area contributed by atoms with Crippen LogP contribution in [0.5, 0.6) is 5.75 Å². The zero-order chi connectivity index (χ0) is 13.4. The van der Waals surface area contributed by atoms with E-state index in [1.165, 1.54) is 11.1 Å². The van der Waals surface area contributed by atoms with Gasteiger partial charge in [-0.25, -0.2) is 0 Å². The highest BCUT2D eigenvalue weighted by molar-refractivity contribution is 5.36. The van der Waals surface area contributed by atoms with Crippen molar-refractivity contribution >= 4 is 0 Å². The van der Waals surface area contributed by atoms with E-state index in [1.807, 2.05) is 6.07 Å². The highest BCUT2D eigenvalue weighted by Crippen LogP contribution is 2.18. The summed E-state index contributed by atoms with van der Waals surface area (Å²) in [5.41, 5.74) is 2.54. The Bertz CT molecular complexity index is 352. The molecular formula is C15H25NO2. The van der Waals surface area contributed by atoms with Gasteiger partial charge in [0, 0.05) is 13.2 Å². The van der Waals surface area contributed by atoms with Crippen molar-refractivity contribution in [3.63, 3.8) is 0 Å². The van der Waals surface area contributed by atoms with Gasteiger partial charge in [-0.3, -0.25) is 0 Å². The number of hydrogen-bond acceptors (Lipinski definition) is 3. The van der Waals surface area contributed by atoms with Gasteiger partial charge in [-0.2, -0.15) is 0 Å². The normalized spacial score (nSPS) is 10.9. The molecule has 0 saturated heterocycles. The smallest absolute Gasteiger partial charge is 0.121 e. The van der Waals surface area contributed by atoms with Crippen LogP contribution < -0.4 is 4.74 Å². The molecule has 0 aliphatic carbocycles. The number of rotatable bonds is 8. The Hall–Kier alpha value is -1.06. The van der Waals surface area contributed by atoms with Crippen LogP contribution in [-0.4, -0.2) is 43.9 Å². The summed E-state index contributed by atoms with van der Waals surface area (Å²) < 4.78 is 5.26. The maximum atomic E-state index is 8.74. The third kappa shape index (κ3) is 5.07.